The molecule has 0 bridgehead atoms. The molecule has 6 nitrogen and oxygen atoms in total. The normalized spacial score (nSPS) is 33.2. The molecule has 2 N–H and O–H groups in total. The lowest BCUT2D eigenvalue weighted by molar-refractivity contribution is -0.150. The Morgan fingerprint density at radius 1 is 1.30 bits per heavy atom. The third-order valence-electron chi connectivity index (χ3n) is 5.08. The van der Waals surface area contributed by atoms with Gasteiger partial charge >= 0.3 is 0 Å². The Morgan fingerprint density at radius 3 is 2.70 bits per heavy atom. The number of carbonyl (C=O) groups excluding carboxylic acids is 1. The van der Waals surface area contributed by atoms with Crippen molar-refractivity contribution < 1.29 is 15.0 Å². The van der Waals surface area contributed by atoms with E-state index in [1.807, 2.05) is 4.90 Å². The van der Waals surface area contributed by atoms with Gasteiger partial charge in [-0.15, -0.1) is 0 Å². The minimum Gasteiger partial charge on any atom is -0.396 e. The van der Waals surface area contributed by atoms with Gasteiger partial charge in [-0.05, 0) is 13.0 Å². The molecule has 2 atom stereocenters. The number of β-amino-alcohol motifs (C(OH)–C–C–N with tert-alkyl or cyclic N) is 1. The topological polar surface area (TPSA) is 67.2 Å². The van der Waals surface area contributed by atoms with Crippen LogP contribution in [0.15, 0.2) is 0 Å². The van der Waals surface area contributed by atoms with E-state index in [4.69, 9.17) is 5.11 Å². The van der Waals surface area contributed by atoms with Crippen LogP contribution in [-0.2, 0) is 4.79 Å². The molecule has 114 valence electrons. The number of piperazine rings is 1. The fraction of sp³-hybridized carbons (Fsp3) is 0.929. The zero-order valence-electron chi connectivity index (χ0n) is 12.2. The van der Waals surface area contributed by atoms with Gasteiger partial charge < -0.3 is 15.1 Å². The summed E-state index contributed by atoms with van der Waals surface area (Å²) in [5.74, 6) is 0.0443. The molecule has 0 aliphatic carbocycles. The van der Waals surface area contributed by atoms with Gasteiger partial charge in [0.05, 0.1) is 18.2 Å². The predicted molar refractivity (Wildman–Crippen MR) is 74.2 cm³/mol. The Balaban J connectivity index is 1.75. The van der Waals surface area contributed by atoms with Crippen LogP contribution < -0.4 is 0 Å². The van der Waals surface area contributed by atoms with Crippen molar-refractivity contribution in [3.8, 4) is 0 Å². The van der Waals surface area contributed by atoms with Crippen LogP contribution in [0.2, 0.25) is 0 Å². The van der Waals surface area contributed by atoms with Gasteiger partial charge in [-0.25, -0.2) is 0 Å². The molecule has 1 amide bonds. The number of carbonyl (C=O) groups is 1. The van der Waals surface area contributed by atoms with Gasteiger partial charge in [0.25, 0.3) is 0 Å². The van der Waals surface area contributed by atoms with Crippen LogP contribution >= 0.6 is 0 Å². The van der Waals surface area contributed by atoms with Crippen LogP contribution in [0, 0.1) is 0 Å². The molecule has 0 aromatic carbocycles. The zero-order valence-corrected chi connectivity index (χ0v) is 12.2. The van der Waals surface area contributed by atoms with Crippen molar-refractivity contribution in [3.63, 3.8) is 0 Å². The van der Waals surface area contributed by atoms with Crippen molar-refractivity contribution in [1.82, 2.24) is 14.7 Å². The Morgan fingerprint density at radius 2 is 2.05 bits per heavy atom. The minimum absolute atomic E-state index is 0.0293. The standard InChI is InChI=1S/C14H25N3O3/c1-2-15-8-14(9-15)10-16(13(20)3-4-18)6-11-5-12(19)7-17(11)14/h11-12,18-19H,2-10H2,1H3/t11-,12+/m0/s1. The van der Waals surface area contributed by atoms with E-state index in [0.29, 0.717) is 6.54 Å². The molecule has 3 aliphatic heterocycles. The molecule has 0 aromatic heterocycles. The minimum atomic E-state index is -0.263. The molecule has 3 fully saturated rings. The van der Waals surface area contributed by atoms with Gasteiger partial charge in [-0.3, -0.25) is 14.6 Å². The molecule has 3 saturated heterocycles. The van der Waals surface area contributed by atoms with E-state index in [2.05, 4.69) is 16.7 Å². The summed E-state index contributed by atoms with van der Waals surface area (Å²) >= 11 is 0. The largest absolute Gasteiger partial charge is 0.396 e. The lowest BCUT2D eigenvalue weighted by Gasteiger charge is -2.61. The number of aliphatic hydroxyl groups is 2. The smallest absolute Gasteiger partial charge is 0.224 e. The first-order chi connectivity index (χ1) is 9.58. The second-order valence-corrected chi connectivity index (χ2v) is 6.47. The number of nitrogens with zero attached hydrogens (tertiary/aromatic N) is 3. The third-order valence-corrected chi connectivity index (χ3v) is 5.08. The lowest BCUT2D eigenvalue weighted by atomic mass is 9.83. The summed E-state index contributed by atoms with van der Waals surface area (Å²) in [7, 11) is 0. The number of aliphatic hydroxyl groups excluding tert-OH is 2. The maximum absolute atomic E-state index is 12.1. The Bertz CT molecular complexity index is 384. The summed E-state index contributed by atoms with van der Waals surface area (Å²) < 4.78 is 0. The van der Waals surface area contributed by atoms with Crippen LogP contribution in [0.25, 0.3) is 0 Å². The number of hydrogen-bond donors (Lipinski definition) is 2. The van der Waals surface area contributed by atoms with Crippen LogP contribution in [0.5, 0.6) is 0 Å². The molecule has 3 heterocycles. The van der Waals surface area contributed by atoms with E-state index in [-0.39, 0.29) is 36.6 Å². The third kappa shape index (κ3) is 2.24. The lowest BCUT2D eigenvalue weighted by Crippen LogP contribution is -2.78. The summed E-state index contributed by atoms with van der Waals surface area (Å²) in [6, 6.07) is 0.278. The zero-order chi connectivity index (χ0) is 14.3. The van der Waals surface area contributed by atoms with Gasteiger partial charge in [0, 0.05) is 45.2 Å². The molecular formula is C14H25N3O3. The second-order valence-electron chi connectivity index (χ2n) is 6.47. The number of hydrogen-bond acceptors (Lipinski definition) is 5. The Kier molecular flexibility index (Phi) is 3.75. The number of amides is 1. The Hall–Kier alpha value is -0.690. The summed E-state index contributed by atoms with van der Waals surface area (Å²) in [5, 5.41) is 18.9. The van der Waals surface area contributed by atoms with Gasteiger partial charge in [0.2, 0.25) is 5.91 Å². The van der Waals surface area contributed by atoms with Gasteiger partial charge in [0.1, 0.15) is 0 Å². The average molecular weight is 283 g/mol. The highest BCUT2D eigenvalue weighted by Gasteiger charge is 2.56. The van der Waals surface area contributed by atoms with Gasteiger partial charge in [-0.2, -0.15) is 0 Å². The van der Waals surface area contributed by atoms with Crippen LogP contribution in [-0.4, -0.2) is 94.4 Å². The number of fused-ring (bicyclic) bond motifs is 2. The van der Waals surface area contributed by atoms with Crippen LogP contribution in [0.4, 0.5) is 0 Å². The molecular weight excluding hydrogens is 258 g/mol. The quantitative estimate of drug-likeness (QED) is 0.675. The SMILES string of the molecule is CCN1CC2(C1)CN(C(=O)CCO)C[C@@H]1C[C@@H](O)CN12. The van der Waals surface area contributed by atoms with Crippen molar-refractivity contribution in [3.05, 3.63) is 0 Å². The van der Waals surface area contributed by atoms with E-state index in [1.54, 1.807) is 0 Å². The predicted octanol–water partition coefficient (Wildman–Crippen LogP) is -1.28. The van der Waals surface area contributed by atoms with Crippen molar-refractivity contribution in [2.24, 2.45) is 0 Å². The van der Waals surface area contributed by atoms with Crippen LogP contribution in [0.1, 0.15) is 19.8 Å². The van der Waals surface area contributed by atoms with Crippen molar-refractivity contribution in [2.75, 3.05) is 45.9 Å². The average Bonchev–Trinajstić information content (AvgIpc) is 2.75. The second kappa shape index (κ2) is 5.26. The fourth-order valence-electron chi connectivity index (χ4n) is 4.15. The highest BCUT2D eigenvalue weighted by molar-refractivity contribution is 5.76. The first-order valence-electron chi connectivity index (χ1n) is 7.64. The first kappa shape index (κ1) is 14.3. The monoisotopic (exact) mass is 283 g/mol. The molecule has 3 aliphatic rings. The molecule has 3 rings (SSSR count). The van der Waals surface area contributed by atoms with Gasteiger partial charge in [0.15, 0.2) is 0 Å². The van der Waals surface area contributed by atoms with E-state index in [9.17, 15) is 9.90 Å². The fourth-order valence-corrected chi connectivity index (χ4v) is 4.15. The van der Waals surface area contributed by atoms with E-state index >= 15 is 0 Å². The number of rotatable bonds is 3. The van der Waals surface area contributed by atoms with Crippen molar-refractivity contribution in [1.29, 1.82) is 0 Å². The Labute approximate surface area is 119 Å². The van der Waals surface area contributed by atoms with Gasteiger partial charge in [-0.1, -0.05) is 6.92 Å². The maximum atomic E-state index is 12.1. The molecule has 0 radical (unpaired) electrons. The summed E-state index contributed by atoms with van der Waals surface area (Å²) in [5.41, 5.74) is 0.0293. The highest BCUT2D eigenvalue weighted by atomic mass is 16.3. The molecule has 0 saturated carbocycles. The molecule has 20 heavy (non-hydrogen) atoms. The number of likely N-dealkylation sites (N-methyl/N-ethyl adjacent to an activating group) is 1. The van der Waals surface area contributed by atoms with E-state index in [0.717, 1.165) is 39.1 Å². The highest BCUT2D eigenvalue weighted by Crippen LogP contribution is 2.38. The maximum Gasteiger partial charge on any atom is 0.224 e. The summed E-state index contributed by atoms with van der Waals surface area (Å²) in [4.78, 5) is 18.8. The molecule has 0 aromatic rings. The summed E-state index contributed by atoms with van der Waals surface area (Å²) in [6.07, 6.45) is 0.708. The number of likely N-dealkylation sites (tertiary alicyclic amines) is 1. The molecule has 1 spiro atoms. The molecule has 6 heteroatoms. The molecule has 0 unspecified atom stereocenters. The van der Waals surface area contributed by atoms with Crippen LogP contribution in [0.3, 0.4) is 0 Å². The van der Waals surface area contributed by atoms with Crippen molar-refractivity contribution in [2.45, 2.75) is 37.5 Å². The van der Waals surface area contributed by atoms with E-state index < -0.39 is 0 Å². The van der Waals surface area contributed by atoms with E-state index in [1.165, 1.54) is 0 Å². The summed E-state index contributed by atoms with van der Waals surface area (Å²) in [6.45, 7) is 7.25. The first-order valence-corrected chi connectivity index (χ1v) is 7.64. The van der Waals surface area contributed by atoms with Crippen molar-refractivity contribution >= 4 is 5.91 Å².